The molecule has 26 heteroatoms. The van der Waals surface area contributed by atoms with Crippen LogP contribution < -0.4 is 71.6 Å². The van der Waals surface area contributed by atoms with Crippen LogP contribution in [-0.2, 0) is 56.0 Å². The van der Waals surface area contributed by atoms with Crippen LogP contribution in [0.4, 0.5) is 0 Å². The fraction of sp³-hybridized carbons (Fsp3) is 0.531. The van der Waals surface area contributed by atoms with Crippen molar-refractivity contribution in [3.8, 4) is 5.75 Å². The van der Waals surface area contributed by atoms with Gasteiger partial charge in [0.25, 0.3) is 0 Å². The van der Waals surface area contributed by atoms with Gasteiger partial charge < -0.3 is 81.6 Å². The molecule has 2 aromatic carbocycles. The summed E-state index contributed by atoms with van der Waals surface area (Å²) in [6, 6.07) is 5.92. The standard InChI is InChI=1S/C49H76N16O10/c1-5-27(2)39(64-42(70)29(4)59-43(71)33(50)24-31-17-19-32(66)20-18-31)46(74)60-28(3)41(69)58-26-38(67)61-35(15-10-22-57-49(54)55)47(75)65-23-11-16-37(65)45(73)62-34(14-9-21-56-48(52)53)44(72)63-36(40(51)68)25-30-12-7-6-8-13-30/h6-8,12-13,17-20,27-29,33-37,39,66H,5,9-11,14-16,21-26,50H2,1-4H3,(H2,51,68)(H,58,69)(H,59,71)(H,60,74)(H,61,67)(H,62,73)(H,63,72)(H,64,70)(H4,52,53,56)(H4,54,55,57). The highest BCUT2D eigenvalue weighted by Gasteiger charge is 2.39. The second kappa shape index (κ2) is 30.9. The second-order valence-corrected chi connectivity index (χ2v) is 18.4. The number of phenolic OH excluding ortho intramolecular Hbond substituents is 1. The molecule has 1 aliphatic rings. The monoisotopic (exact) mass is 1050 g/mol. The summed E-state index contributed by atoms with van der Waals surface area (Å²) in [5.41, 5.74) is 35.1. The molecule has 75 heavy (non-hydrogen) atoms. The van der Waals surface area contributed by atoms with Crippen LogP contribution in [0.5, 0.6) is 5.75 Å². The topological polar surface area (TPSA) is 442 Å². The maximum Gasteiger partial charge on any atom is 0.245 e. The molecular formula is C49H76N16O10. The highest BCUT2D eigenvalue weighted by Crippen LogP contribution is 2.21. The first-order chi connectivity index (χ1) is 35.5. The molecule has 1 fully saturated rings. The first kappa shape index (κ1) is 61.3. The molecule has 0 aromatic heterocycles. The van der Waals surface area contributed by atoms with Crippen molar-refractivity contribution < 1.29 is 48.3 Å². The van der Waals surface area contributed by atoms with E-state index in [0.29, 0.717) is 18.4 Å². The number of aliphatic imine (C=N–C) groups is 2. The van der Waals surface area contributed by atoms with Gasteiger partial charge in [-0.15, -0.1) is 0 Å². The molecule has 0 saturated carbocycles. The van der Waals surface area contributed by atoms with Crippen molar-refractivity contribution in [3.63, 3.8) is 0 Å². The van der Waals surface area contributed by atoms with Crippen LogP contribution in [0.2, 0.25) is 0 Å². The third-order valence-corrected chi connectivity index (χ3v) is 12.4. The third-order valence-electron chi connectivity index (χ3n) is 12.4. The number of rotatable bonds is 30. The fourth-order valence-electron chi connectivity index (χ4n) is 7.93. The number of nitrogens with two attached hydrogens (primary N) is 6. The SMILES string of the molecule is CCC(C)C(NC(=O)C(C)NC(=O)C(N)Cc1ccc(O)cc1)C(=O)NC(C)C(=O)NCC(=O)NC(CCCN=C(N)N)C(=O)N1CCCC1C(=O)NC(CCCN=C(N)N)C(=O)NC(Cc1ccccc1)C(N)=O. The van der Waals surface area contributed by atoms with Crippen molar-refractivity contribution in [3.05, 3.63) is 65.7 Å². The molecular weight excluding hydrogens is 973 g/mol. The summed E-state index contributed by atoms with van der Waals surface area (Å²) < 4.78 is 0. The number of phenols is 1. The van der Waals surface area contributed by atoms with E-state index in [2.05, 4.69) is 47.2 Å². The predicted molar refractivity (Wildman–Crippen MR) is 279 cm³/mol. The van der Waals surface area contributed by atoms with Gasteiger partial charge in [0.2, 0.25) is 53.2 Å². The van der Waals surface area contributed by atoms with E-state index in [9.17, 15) is 48.3 Å². The maximum atomic E-state index is 14.3. The summed E-state index contributed by atoms with van der Waals surface area (Å²) in [6.45, 7) is 6.01. The van der Waals surface area contributed by atoms with Crippen LogP contribution >= 0.6 is 0 Å². The Morgan fingerprint density at radius 1 is 0.653 bits per heavy atom. The van der Waals surface area contributed by atoms with Crippen molar-refractivity contribution in [1.82, 2.24) is 42.1 Å². The number of carbonyl (C=O) groups is 9. The van der Waals surface area contributed by atoms with Crippen molar-refractivity contribution in [2.75, 3.05) is 26.2 Å². The highest BCUT2D eigenvalue weighted by atomic mass is 16.3. The smallest absolute Gasteiger partial charge is 0.245 e. The molecule has 0 radical (unpaired) electrons. The van der Waals surface area contributed by atoms with E-state index >= 15 is 0 Å². The zero-order valence-corrected chi connectivity index (χ0v) is 43.0. The Morgan fingerprint density at radius 3 is 1.81 bits per heavy atom. The van der Waals surface area contributed by atoms with E-state index in [1.54, 1.807) is 56.3 Å². The molecule has 0 bridgehead atoms. The van der Waals surface area contributed by atoms with Gasteiger partial charge in [-0.2, -0.15) is 0 Å². The first-order valence-electron chi connectivity index (χ1n) is 24.9. The Hall–Kier alpha value is -8.03. The first-order valence-corrected chi connectivity index (χ1v) is 24.9. The Balaban J connectivity index is 1.67. The van der Waals surface area contributed by atoms with Gasteiger partial charge in [0.15, 0.2) is 11.9 Å². The van der Waals surface area contributed by atoms with Gasteiger partial charge in [-0.05, 0) is 88.0 Å². The lowest BCUT2D eigenvalue weighted by Gasteiger charge is -2.30. The largest absolute Gasteiger partial charge is 0.508 e. The van der Waals surface area contributed by atoms with Crippen molar-refractivity contribution >= 4 is 65.1 Å². The number of benzene rings is 2. The average Bonchev–Trinajstić information content (AvgIpc) is 3.87. The number of hydrogen-bond acceptors (Lipinski definition) is 13. The predicted octanol–water partition coefficient (Wildman–Crippen LogP) is -3.80. The average molecular weight is 1050 g/mol. The summed E-state index contributed by atoms with van der Waals surface area (Å²) in [5, 5.41) is 27.7. The number of nitrogens with zero attached hydrogens (tertiary/aromatic N) is 3. The maximum absolute atomic E-state index is 14.3. The molecule has 9 atom stereocenters. The molecule has 412 valence electrons. The van der Waals surface area contributed by atoms with Crippen LogP contribution in [0.25, 0.3) is 0 Å². The molecule has 1 saturated heterocycles. The third kappa shape index (κ3) is 21.2. The minimum atomic E-state index is -1.23. The van der Waals surface area contributed by atoms with Crippen LogP contribution in [0.3, 0.4) is 0 Å². The Morgan fingerprint density at radius 2 is 1.23 bits per heavy atom. The molecule has 9 amide bonds. The van der Waals surface area contributed by atoms with Gasteiger partial charge >= 0.3 is 0 Å². The molecule has 0 aliphatic carbocycles. The van der Waals surface area contributed by atoms with Gasteiger partial charge in [-0.25, -0.2) is 0 Å². The quantitative estimate of drug-likeness (QED) is 0.0203. The van der Waals surface area contributed by atoms with E-state index in [-0.39, 0.29) is 82.2 Å². The second-order valence-electron chi connectivity index (χ2n) is 18.4. The molecule has 0 spiro atoms. The summed E-state index contributed by atoms with van der Waals surface area (Å²) in [4.78, 5) is 130. The van der Waals surface area contributed by atoms with Crippen molar-refractivity contribution in [2.24, 2.45) is 50.3 Å². The van der Waals surface area contributed by atoms with Gasteiger partial charge in [0.05, 0.1) is 12.6 Å². The number of amides is 9. The zero-order chi connectivity index (χ0) is 55.8. The number of carbonyl (C=O) groups excluding carboxylic acids is 9. The molecule has 20 N–H and O–H groups in total. The number of primary amides is 1. The van der Waals surface area contributed by atoms with Crippen molar-refractivity contribution in [1.29, 1.82) is 0 Å². The van der Waals surface area contributed by atoms with Crippen LogP contribution in [-0.4, -0.2) is 150 Å². The summed E-state index contributed by atoms with van der Waals surface area (Å²) in [5.74, 6) is -7.12. The Bertz CT molecular complexity index is 2330. The van der Waals surface area contributed by atoms with Gasteiger partial charge in [-0.1, -0.05) is 62.7 Å². The van der Waals surface area contributed by atoms with Gasteiger partial charge in [0, 0.05) is 26.1 Å². The highest BCUT2D eigenvalue weighted by molar-refractivity contribution is 5.97. The fourth-order valence-corrected chi connectivity index (χ4v) is 7.93. The van der Waals surface area contributed by atoms with Crippen LogP contribution in [0, 0.1) is 5.92 Å². The Kier molecular flexibility index (Phi) is 25.2. The molecule has 26 nitrogen and oxygen atoms in total. The van der Waals surface area contributed by atoms with E-state index in [1.807, 2.05) is 0 Å². The number of guanidine groups is 2. The normalized spacial score (nSPS) is 16.1. The zero-order valence-electron chi connectivity index (χ0n) is 43.0. The summed E-state index contributed by atoms with van der Waals surface area (Å²) >= 11 is 0. The van der Waals surface area contributed by atoms with E-state index in [4.69, 9.17) is 34.4 Å². The minimum Gasteiger partial charge on any atom is -0.508 e. The molecule has 9 unspecified atom stereocenters. The van der Waals surface area contributed by atoms with Gasteiger partial charge in [-0.3, -0.25) is 53.1 Å². The Labute approximate surface area is 436 Å². The van der Waals surface area contributed by atoms with Gasteiger partial charge in [0.1, 0.15) is 48.0 Å². The number of nitrogens with one attached hydrogen (secondary N) is 7. The van der Waals surface area contributed by atoms with Crippen LogP contribution in [0.15, 0.2) is 64.6 Å². The number of aromatic hydroxyl groups is 1. The lowest BCUT2D eigenvalue weighted by Crippen LogP contribution is -2.59. The lowest BCUT2D eigenvalue weighted by atomic mass is 9.97. The summed E-state index contributed by atoms with van der Waals surface area (Å²) in [6.07, 6.45) is 1.78. The van der Waals surface area contributed by atoms with E-state index in [0.717, 1.165) is 5.56 Å². The van der Waals surface area contributed by atoms with Crippen LogP contribution in [0.1, 0.15) is 83.8 Å². The molecule has 3 rings (SSSR count). The molecule has 2 aromatic rings. The molecule has 1 aliphatic heterocycles. The van der Waals surface area contributed by atoms with Crippen molar-refractivity contribution in [2.45, 2.75) is 134 Å². The number of hydrogen-bond donors (Lipinski definition) is 14. The lowest BCUT2D eigenvalue weighted by molar-refractivity contribution is -0.142. The molecule has 1 heterocycles. The van der Waals surface area contributed by atoms with E-state index in [1.165, 1.54) is 30.9 Å². The minimum absolute atomic E-state index is 0.00989. The van der Waals surface area contributed by atoms with E-state index < -0.39 is 114 Å². The number of likely N-dealkylation sites (tertiary alicyclic amines) is 1. The summed E-state index contributed by atoms with van der Waals surface area (Å²) in [7, 11) is 0.